The second kappa shape index (κ2) is 42.0. The molecule has 104 heavy (non-hydrogen) atoms. The normalized spacial score (nSPS) is 16.2. The number of azide groups is 1. The Morgan fingerprint density at radius 1 is 0.721 bits per heavy atom. The number of nitrogens with one attached hydrogen (secondary N) is 7. The fourth-order valence-corrected chi connectivity index (χ4v) is 13.1. The Hall–Kier alpha value is -9.90. The summed E-state index contributed by atoms with van der Waals surface area (Å²) in [6.07, 6.45) is -2.14. The lowest BCUT2D eigenvalue weighted by Gasteiger charge is -2.41. The zero-order valence-corrected chi connectivity index (χ0v) is 61.9. The first-order valence-corrected chi connectivity index (χ1v) is 35.2. The van der Waals surface area contributed by atoms with Gasteiger partial charge in [-0.2, -0.15) is 0 Å². The number of carbonyl (C=O) groups excluding carboxylic acids is 11. The van der Waals surface area contributed by atoms with Crippen molar-refractivity contribution in [2.45, 2.75) is 186 Å². The van der Waals surface area contributed by atoms with Crippen LogP contribution in [0.3, 0.4) is 0 Å². The van der Waals surface area contributed by atoms with Crippen LogP contribution in [0.2, 0.25) is 0 Å². The number of benzene rings is 4. The van der Waals surface area contributed by atoms with Crippen LogP contribution in [0.5, 0.6) is 0 Å². The van der Waals surface area contributed by atoms with Crippen molar-refractivity contribution in [1.29, 1.82) is 0 Å². The molecule has 1 fully saturated rings. The van der Waals surface area contributed by atoms with Gasteiger partial charge in [0.1, 0.15) is 43.4 Å². The number of esters is 1. The van der Waals surface area contributed by atoms with E-state index < -0.39 is 144 Å². The van der Waals surface area contributed by atoms with Crippen LogP contribution in [0.1, 0.15) is 130 Å². The van der Waals surface area contributed by atoms with Crippen LogP contribution in [-0.2, 0) is 75.1 Å². The van der Waals surface area contributed by atoms with Gasteiger partial charge in [0.25, 0.3) is 0 Å². The lowest BCUT2D eigenvalue weighted by molar-refractivity contribution is -0.148. The number of anilines is 1. The fraction of sp³-hybridized carbons (Fsp3) is 0.554. The maximum Gasteiger partial charge on any atom is 0.410 e. The van der Waals surface area contributed by atoms with Gasteiger partial charge in [0.15, 0.2) is 0 Å². The molecule has 0 saturated carbocycles. The molecule has 1 aliphatic rings. The van der Waals surface area contributed by atoms with Crippen molar-refractivity contribution in [3.63, 3.8) is 0 Å². The molecule has 0 radical (unpaired) electrons. The number of urea groups is 1. The van der Waals surface area contributed by atoms with Crippen LogP contribution in [0, 0.1) is 23.7 Å². The van der Waals surface area contributed by atoms with Crippen LogP contribution < -0.4 is 43.0 Å². The molecule has 11 amide bonds. The molecule has 5 rings (SSSR count). The predicted molar refractivity (Wildman–Crippen MR) is 389 cm³/mol. The quantitative estimate of drug-likeness (QED) is 0.00801. The highest BCUT2D eigenvalue weighted by molar-refractivity contribution is 5.99. The molecule has 0 unspecified atom stereocenters. The molecule has 568 valence electrons. The molecular weight excluding hydrogens is 1340 g/mol. The molecule has 4 aromatic rings. The van der Waals surface area contributed by atoms with Gasteiger partial charge in [-0.1, -0.05) is 145 Å². The first-order valence-electron chi connectivity index (χ1n) is 35.2. The van der Waals surface area contributed by atoms with Crippen molar-refractivity contribution in [2.24, 2.45) is 34.5 Å². The van der Waals surface area contributed by atoms with Gasteiger partial charge in [-0.05, 0) is 102 Å². The summed E-state index contributed by atoms with van der Waals surface area (Å²) >= 11 is 0. The number of amides is 11. The number of aliphatic hydroxyl groups is 1. The van der Waals surface area contributed by atoms with Crippen LogP contribution in [0.4, 0.5) is 15.3 Å². The average molecular weight is 1450 g/mol. The van der Waals surface area contributed by atoms with E-state index in [0.29, 0.717) is 42.5 Å². The largest absolute Gasteiger partial charge is 0.469 e. The third-order valence-electron chi connectivity index (χ3n) is 19.0. The van der Waals surface area contributed by atoms with Gasteiger partial charge in [0.05, 0.1) is 55.9 Å². The second-order valence-electron chi connectivity index (χ2n) is 27.0. The van der Waals surface area contributed by atoms with Crippen LogP contribution in [-0.4, -0.2) is 201 Å². The number of ether oxygens (including phenoxy) is 4. The van der Waals surface area contributed by atoms with Gasteiger partial charge in [-0.25, -0.2) is 9.59 Å². The summed E-state index contributed by atoms with van der Waals surface area (Å²) in [6.45, 7) is 14.0. The van der Waals surface area contributed by atoms with Crippen molar-refractivity contribution >= 4 is 81.8 Å². The molecule has 30 nitrogen and oxygen atoms in total. The summed E-state index contributed by atoms with van der Waals surface area (Å²) in [7, 11) is 7.18. The molecular formula is C74H106N14O16. The third-order valence-corrected chi connectivity index (χ3v) is 19.0. The molecule has 13 atom stereocenters. The molecule has 0 bridgehead atoms. The molecule has 0 aliphatic carbocycles. The number of fused-ring (bicyclic) bond motifs is 1. The van der Waals surface area contributed by atoms with Crippen molar-refractivity contribution in [3.05, 3.63) is 124 Å². The van der Waals surface area contributed by atoms with Gasteiger partial charge < -0.3 is 76.8 Å². The summed E-state index contributed by atoms with van der Waals surface area (Å²) in [6, 6.07) is 19.1. The Morgan fingerprint density at radius 3 is 1.99 bits per heavy atom. The summed E-state index contributed by atoms with van der Waals surface area (Å²) in [4.78, 5) is 158. The minimum atomic E-state index is -1.41. The van der Waals surface area contributed by atoms with Gasteiger partial charge in [0.2, 0.25) is 47.3 Å². The third kappa shape index (κ3) is 24.6. The van der Waals surface area contributed by atoms with Gasteiger partial charge in [-0.3, -0.25) is 48.1 Å². The topological polar surface area (TPSA) is 414 Å². The number of likely N-dealkylation sites (N-methyl/N-ethyl adjacent to an activating group) is 2. The van der Waals surface area contributed by atoms with E-state index in [-0.39, 0.29) is 75.1 Å². The molecule has 1 aliphatic heterocycles. The molecule has 10 N–H and O–H groups in total. The highest BCUT2D eigenvalue weighted by Gasteiger charge is 2.44. The van der Waals surface area contributed by atoms with E-state index in [9.17, 15) is 57.8 Å². The zero-order valence-electron chi connectivity index (χ0n) is 61.9. The monoisotopic (exact) mass is 1450 g/mol. The predicted octanol–water partition coefficient (Wildman–Crippen LogP) is 6.08. The Bertz CT molecular complexity index is 3590. The zero-order chi connectivity index (χ0) is 76.9. The molecule has 0 spiro atoms. The first kappa shape index (κ1) is 84.8. The number of hydrogen-bond donors (Lipinski definition) is 9. The van der Waals surface area contributed by atoms with Crippen LogP contribution in [0.25, 0.3) is 21.2 Å². The summed E-state index contributed by atoms with van der Waals surface area (Å²) in [5.41, 5.74) is 16.1. The van der Waals surface area contributed by atoms with Crippen molar-refractivity contribution in [1.82, 2.24) is 46.6 Å². The number of rotatable bonds is 40. The van der Waals surface area contributed by atoms with E-state index in [4.69, 9.17) is 30.2 Å². The Labute approximate surface area is 608 Å². The Balaban J connectivity index is 1.26. The number of likely N-dealkylation sites (tertiary alicyclic amines) is 1. The highest BCUT2D eigenvalue weighted by Crippen LogP contribution is 2.31. The molecule has 30 heteroatoms. The number of hydrogen-bond acceptors (Lipinski definition) is 17. The Kier molecular flexibility index (Phi) is 34.2. The van der Waals surface area contributed by atoms with Crippen LogP contribution in [0.15, 0.2) is 102 Å². The fourth-order valence-electron chi connectivity index (χ4n) is 13.1. The van der Waals surface area contributed by atoms with E-state index in [1.54, 1.807) is 96.0 Å². The minimum absolute atomic E-state index is 0.0268. The number of methoxy groups -OCH3 is 3. The molecule has 0 aromatic heterocycles. The van der Waals surface area contributed by atoms with E-state index in [0.717, 1.165) is 22.8 Å². The van der Waals surface area contributed by atoms with Crippen molar-refractivity contribution < 1.29 is 76.8 Å². The summed E-state index contributed by atoms with van der Waals surface area (Å²) in [5, 5.41) is 34.8. The van der Waals surface area contributed by atoms with E-state index in [2.05, 4.69) is 47.2 Å². The number of carbonyl (C=O) groups is 11. The lowest BCUT2D eigenvalue weighted by Crippen LogP contribution is -2.60. The minimum Gasteiger partial charge on any atom is -0.469 e. The highest BCUT2D eigenvalue weighted by atomic mass is 16.6. The van der Waals surface area contributed by atoms with Gasteiger partial charge in [-0.15, -0.1) is 0 Å². The van der Waals surface area contributed by atoms with Crippen molar-refractivity contribution in [3.8, 4) is 0 Å². The number of nitrogens with two attached hydrogens (primary N) is 1. The standard InChI is InChI=1S/C74H106N14O16/c1-14-45(6)64(58(101-11)40-60(90)88-38-22-30-57(88)66(103-13)46(7)67(93)79-47(8)65(92)50-24-16-15-17-25-50)86(9)72(98)62(43(2)3)84-71(97)63(44(4)5)87(10)74(100)104-42-48-31-33-52(34-32-48)80-68(94)54(29-21-37-77-73(75)99)82-70(96)56(39-51-27-20-26-49-23-18-19-28-53(49)51)83-69(95)55(35-36-61(91)102-12)81-59(89)41-78-85-76/h15-20,23-28,31-34,43-47,54-58,62-66,92H,14,21-22,29-30,35-42H2,1-13H3,(H,79,93)(H,80,94)(H,81,89)(H,82,96)(H,83,95)(H,84,97)(H3,75,77,99)/t45-,46+,47+,54-,55-,56-,57-,58+,62-,63-,64-,65+,66+/m0/s1. The number of nitrogens with zero attached hydrogens (tertiary/aromatic N) is 6. The maximum atomic E-state index is 14.9. The SMILES string of the molecule is CC[C@H](C)[C@@H]([C@@H](CC(=O)N1CCC[C@H]1[C@H](OC)[C@@H](C)C(=O)N[C@H](C)[C@@H](O)c1ccccc1)OC)N(C)C(=O)[C@@H](NC(=O)[C@H](C(C)C)N(C)C(=O)OCc1ccc(NC(=O)[C@H](CCCNC(N)=O)NC(=O)[C@H](Cc2cccc3ccccc23)NC(=O)[C@H](CCC(=O)OC)NC(=O)CN=[N+]=[N-])cc1)C(C)C. The smallest absolute Gasteiger partial charge is 0.410 e. The van der Waals surface area contributed by atoms with Gasteiger partial charge >= 0.3 is 18.1 Å². The summed E-state index contributed by atoms with van der Waals surface area (Å²) < 4.78 is 22.5. The molecule has 4 aromatic carbocycles. The molecule has 1 heterocycles. The lowest BCUT2D eigenvalue weighted by atomic mass is 9.89. The van der Waals surface area contributed by atoms with E-state index in [1.165, 1.54) is 38.3 Å². The second-order valence-corrected chi connectivity index (χ2v) is 27.0. The van der Waals surface area contributed by atoms with Gasteiger partial charge in [0, 0.05) is 64.8 Å². The van der Waals surface area contributed by atoms with Crippen molar-refractivity contribution in [2.75, 3.05) is 60.4 Å². The first-order chi connectivity index (χ1) is 49.5. The number of primary amides is 1. The summed E-state index contributed by atoms with van der Waals surface area (Å²) in [5.74, 6) is -7.39. The van der Waals surface area contributed by atoms with E-state index in [1.807, 2.05) is 56.3 Å². The van der Waals surface area contributed by atoms with Crippen LogP contribution >= 0.6 is 0 Å². The molecule has 1 saturated heterocycles. The average Bonchev–Trinajstić information content (AvgIpc) is 1.47. The number of aliphatic hydroxyl groups excluding tert-OH is 1. The Morgan fingerprint density at radius 2 is 1.37 bits per heavy atom. The maximum absolute atomic E-state index is 14.9. The van der Waals surface area contributed by atoms with E-state index >= 15 is 0 Å².